The number of aliphatic hydroxyl groups is 1. The van der Waals surface area contributed by atoms with Gasteiger partial charge in [0.2, 0.25) is 0 Å². The van der Waals surface area contributed by atoms with Gasteiger partial charge in [-0.15, -0.1) is 11.6 Å². The fourth-order valence-corrected chi connectivity index (χ4v) is 1.65. The molecule has 0 aliphatic carbocycles. The Morgan fingerprint density at radius 2 is 2.05 bits per heavy atom. The zero-order valence-corrected chi connectivity index (χ0v) is 12.7. The van der Waals surface area contributed by atoms with Crippen molar-refractivity contribution in [1.82, 2.24) is 5.32 Å². The molecule has 2 N–H and O–H groups in total. The van der Waals surface area contributed by atoms with Crippen molar-refractivity contribution >= 4 is 17.7 Å². The van der Waals surface area contributed by atoms with E-state index in [9.17, 15) is 9.90 Å². The van der Waals surface area contributed by atoms with Crippen LogP contribution in [0.5, 0.6) is 0 Å². The number of benzene rings is 1. The summed E-state index contributed by atoms with van der Waals surface area (Å²) in [5.41, 5.74) is 0.457. The Kier molecular flexibility index (Phi) is 6.82. The van der Waals surface area contributed by atoms with E-state index >= 15 is 0 Å². The van der Waals surface area contributed by atoms with Gasteiger partial charge >= 0.3 is 6.09 Å². The second kappa shape index (κ2) is 8.12. The Bertz CT molecular complexity index is 409. The highest BCUT2D eigenvalue weighted by atomic mass is 35.5. The van der Waals surface area contributed by atoms with Gasteiger partial charge in [0, 0.05) is 6.54 Å². The van der Waals surface area contributed by atoms with Crippen molar-refractivity contribution < 1.29 is 14.6 Å². The number of alkyl carbamates (subject to hydrolysis) is 1. The van der Waals surface area contributed by atoms with Crippen LogP contribution in [-0.4, -0.2) is 35.3 Å². The van der Waals surface area contributed by atoms with Crippen LogP contribution in [0, 0.1) is 0 Å². The summed E-state index contributed by atoms with van der Waals surface area (Å²) >= 11 is 5.66. The molecule has 0 heterocycles. The largest absolute Gasteiger partial charge is 0.442 e. The standard InChI is InChI=1S/C15H22ClNO3/c1-15(2,11-16)20-14(19)17-10-13(18)9-8-12-6-4-3-5-7-12/h3-7,13,18H,8-11H2,1-2H3,(H,17,19)/t13-/m1/s1. The van der Waals surface area contributed by atoms with Gasteiger partial charge in [0.1, 0.15) is 5.60 Å². The van der Waals surface area contributed by atoms with Crippen molar-refractivity contribution in [2.24, 2.45) is 0 Å². The highest BCUT2D eigenvalue weighted by Gasteiger charge is 2.21. The van der Waals surface area contributed by atoms with Crippen molar-refractivity contribution in [2.75, 3.05) is 12.4 Å². The van der Waals surface area contributed by atoms with Gasteiger partial charge in [0.05, 0.1) is 12.0 Å². The first-order valence-electron chi connectivity index (χ1n) is 6.68. The number of carbonyl (C=O) groups excluding carboxylic acids is 1. The lowest BCUT2D eigenvalue weighted by Crippen LogP contribution is -2.39. The summed E-state index contributed by atoms with van der Waals surface area (Å²) in [6.07, 6.45) is 0.200. The molecule has 0 saturated heterocycles. The highest BCUT2D eigenvalue weighted by molar-refractivity contribution is 6.18. The molecule has 4 nitrogen and oxygen atoms in total. The summed E-state index contributed by atoms with van der Waals surface area (Å²) in [7, 11) is 0. The molecule has 0 bridgehead atoms. The molecule has 1 rings (SSSR count). The lowest BCUT2D eigenvalue weighted by Gasteiger charge is -2.22. The number of rotatable bonds is 7. The zero-order valence-electron chi connectivity index (χ0n) is 11.9. The lowest BCUT2D eigenvalue weighted by molar-refractivity contribution is 0.0511. The summed E-state index contributed by atoms with van der Waals surface area (Å²) in [5, 5.41) is 12.4. The Morgan fingerprint density at radius 1 is 1.40 bits per heavy atom. The van der Waals surface area contributed by atoms with Gasteiger partial charge in [0.15, 0.2) is 0 Å². The van der Waals surface area contributed by atoms with Crippen LogP contribution in [0.3, 0.4) is 0 Å². The third-order valence-corrected chi connectivity index (χ3v) is 3.43. The predicted octanol–water partition coefficient (Wildman–Crippen LogP) is 2.72. The van der Waals surface area contributed by atoms with E-state index < -0.39 is 17.8 Å². The van der Waals surface area contributed by atoms with Crippen molar-refractivity contribution in [3.63, 3.8) is 0 Å². The first-order valence-corrected chi connectivity index (χ1v) is 7.21. The third kappa shape index (κ3) is 6.78. The average Bonchev–Trinajstić information content (AvgIpc) is 2.43. The molecule has 0 aliphatic rings. The van der Waals surface area contributed by atoms with E-state index in [2.05, 4.69) is 5.32 Å². The van der Waals surface area contributed by atoms with Crippen molar-refractivity contribution in [3.05, 3.63) is 35.9 Å². The van der Waals surface area contributed by atoms with E-state index in [4.69, 9.17) is 16.3 Å². The van der Waals surface area contributed by atoms with Crippen LogP contribution >= 0.6 is 11.6 Å². The lowest BCUT2D eigenvalue weighted by atomic mass is 10.1. The molecule has 0 spiro atoms. The molecule has 0 unspecified atom stereocenters. The predicted molar refractivity (Wildman–Crippen MR) is 80.1 cm³/mol. The minimum atomic E-state index is -0.708. The fourth-order valence-electron chi connectivity index (χ4n) is 1.60. The summed E-state index contributed by atoms with van der Waals surface area (Å²) < 4.78 is 5.11. The number of halogens is 1. The summed E-state index contributed by atoms with van der Waals surface area (Å²) in [6.45, 7) is 3.63. The number of hydrogen-bond acceptors (Lipinski definition) is 3. The number of ether oxygens (including phenoxy) is 1. The van der Waals surface area contributed by atoms with Crippen LogP contribution in [-0.2, 0) is 11.2 Å². The molecular weight excluding hydrogens is 278 g/mol. The molecule has 1 atom stereocenters. The van der Waals surface area contributed by atoms with Gasteiger partial charge in [-0.2, -0.15) is 0 Å². The second-order valence-electron chi connectivity index (χ2n) is 5.34. The SMILES string of the molecule is CC(C)(CCl)OC(=O)NC[C@H](O)CCc1ccccc1. The van der Waals surface area contributed by atoms with Crippen molar-refractivity contribution in [3.8, 4) is 0 Å². The topological polar surface area (TPSA) is 58.6 Å². The van der Waals surface area contributed by atoms with Crippen LogP contribution < -0.4 is 5.32 Å². The van der Waals surface area contributed by atoms with Gasteiger partial charge in [0.25, 0.3) is 0 Å². The second-order valence-corrected chi connectivity index (χ2v) is 5.61. The molecule has 5 heteroatoms. The monoisotopic (exact) mass is 299 g/mol. The Hall–Kier alpha value is -1.26. The smallest absolute Gasteiger partial charge is 0.407 e. The van der Waals surface area contributed by atoms with Gasteiger partial charge in [-0.1, -0.05) is 30.3 Å². The highest BCUT2D eigenvalue weighted by Crippen LogP contribution is 2.11. The average molecular weight is 300 g/mol. The van der Waals surface area contributed by atoms with E-state index in [-0.39, 0.29) is 12.4 Å². The number of alkyl halides is 1. The minimum Gasteiger partial charge on any atom is -0.442 e. The number of carbonyl (C=O) groups is 1. The number of amides is 1. The summed E-state index contributed by atoms with van der Waals surface area (Å²) in [6, 6.07) is 9.90. The molecular formula is C15H22ClNO3. The molecule has 1 aromatic carbocycles. The van der Waals surface area contributed by atoms with E-state index in [1.54, 1.807) is 13.8 Å². The molecule has 0 aromatic heterocycles. The van der Waals surface area contributed by atoms with Crippen LogP contribution in [0.1, 0.15) is 25.8 Å². The van der Waals surface area contributed by atoms with Crippen molar-refractivity contribution in [2.45, 2.75) is 38.4 Å². The van der Waals surface area contributed by atoms with Gasteiger partial charge in [-0.05, 0) is 32.3 Å². The number of nitrogens with one attached hydrogen (secondary N) is 1. The maximum Gasteiger partial charge on any atom is 0.407 e. The molecule has 0 fully saturated rings. The molecule has 0 aliphatic heterocycles. The van der Waals surface area contributed by atoms with Crippen LogP contribution in [0.2, 0.25) is 0 Å². The van der Waals surface area contributed by atoms with Gasteiger partial charge in [-0.25, -0.2) is 4.79 Å². The maximum atomic E-state index is 11.5. The molecule has 112 valence electrons. The Balaban J connectivity index is 2.23. The van der Waals surface area contributed by atoms with Crippen molar-refractivity contribution in [1.29, 1.82) is 0 Å². The van der Waals surface area contributed by atoms with E-state index in [0.29, 0.717) is 6.42 Å². The normalized spacial score (nSPS) is 12.8. The summed E-state index contributed by atoms with van der Waals surface area (Å²) in [4.78, 5) is 11.5. The Labute approximate surface area is 125 Å². The third-order valence-electron chi connectivity index (χ3n) is 2.78. The van der Waals surface area contributed by atoms with Gasteiger partial charge in [-0.3, -0.25) is 0 Å². The fraction of sp³-hybridized carbons (Fsp3) is 0.533. The zero-order chi connectivity index (χ0) is 15.0. The molecule has 0 saturated carbocycles. The molecule has 1 aromatic rings. The number of aryl methyl sites for hydroxylation is 1. The first-order chi connectivity index (χ1) is 9.43. The number of aliphatic hydroxyl groups excluding tert-OH is 1. The maximum absolute atomic E-state index is 11.5. The number of hydrogen-bond donors (Lipinski definition) is 2. The molecule has 0 radical (unpaired) electrons. The van der Waals surface area contributed by atoms with Crippen LogP contribution in [0.4, 0.5) is 4.79 Å². The van der Waals surface area contributed by atoms with Crippen LogP contribution in [0.25, 0.3) is 0 Å². The van der Waals surface area contributed by atoms with E-state index in [0.717, 1.165) is 12.0 Å². The Morgan fingerprint density at radius 3 is 2.65 bits per heavy atom. The minimum absolute atomic E-state index is 0.171. The van der Waals surface area contributed by atoms with E-state index in [1.165, 1.54) is 0 Å². The summed E-state index contributed by atoms with van der Waals surface area (Å²) in [5.74, 6) is 0.219. The molecule has 20 heavy (non-hydrogen) atoms. The van der Waals surface area contributed by atoms with E-state index in [1.807, 2.05) is 30.3 Å². The van der Waals surface area contributed by atoms with Gasteiger partial charge < -0.3 is 15.2 Å². The first kappa shape index (κ1) is 16.8. The quantitative estimate of drug-likeness (QED) is 0.761. The molecule has 1 amide bonds. The van der Waals surface area contributed by atoms with Crippen LogP contribution in [0.15, 0.2) is 30.3 Å².